The third-order valence-corrected chi connectivity index (χ3v) is 7.19. The minimum atomic E-state index is -1.90. The highest BCUT2D eigenvalue weighted by Gasteiger charge is 2.61. The van der Waals surface area contributed by atoms with Gasteiger partial charge >= 0.3 is 5.63 Å². The monoisotopic (exact) mass is 540 g/mol. The van der Waals surface area contributed by atoms with Gasteiger partial charge in [0.2, 0.25) is 11.8 Å². The van der Waals surface area contributed by atoms with Crippen LogP contribution in [0.25, 0.3) is 0 Å². The van der Waals surface area contributed by atoms with E-state index in [2.05, 4.69) is 10.3 Å². The maximum atomic E-state index is 14.5. The molecule has 2 aliphatic heterocycles. The molecule has 0 radical (unpaired) electrons. The zero-order chi connectivity index (χ0) is 27.5. The van der Waals surface area contributed by atoms with Gasteiger partial charge in [-0.05, 0) is 37.6 Å². The molecule has 6 rings (SSSR count). The maximum absolute atomic E-state index is 14.5. The molecule has 0 saturated carbocycles. The Morgan fingerprint density at radius 2 is 1.87 bits per heavy atom. The van der Waals surface area contributed by atoms with E-state index in [4.69, 9.17) is 26.5 Å². The molecular formula is C28H21ClN6O4. The van der Waals surface area contributed by atoms with Crippen molar-refractivity contribution in [2.45, 2.75) is 32.4 Å². The Kier molecular flexibility index (Phi) is 5.55. The number of aryl methyl sites for hydroxylation is 2. The summed E-state index contributed by atoms with van der Waals surface area (Å²) in [5.74, 6) is -0.542. The molecule has 4 aromatic rings. The first-order chi connectivity index (χ1) is 18.7. The highest BCUT2D eigenvalue weighted by molar-refractivity contribution is 6.31. The zero-order valence-corrected chi connectivity index (χ0v) is 21.7. The molecule has 4 heterocycles. The lowest BCUT2D eigenvalue weighted by Crippen LogP contribution is -2.48. The van der Waals surface area contributed by atoms with Crippen molar-refractivity contribution in [2.24, 2.45) is 5.73 Å². The fourth-order valence-corrected chi connectivity index (χ4v) is 5.43. The van der Waals surface area contributed by atoms with Crippen LogP contribution in [0.4, 0.5) is 5.69 Å². The molecule has 0 saturated heterocycles. The van der Waals surface area contributed by atoms with E-state index in [1.54, 1.807) is 36.0 Å². The first-order valence-electron chi connectivity index (χ1n) is 12.0. The van der Waals surface area contributed by atoms with Gasteiger partial charge in [0.1, 0.15) is 34.4 Å². The van der Waals surface area contributed by atoms with Crippen molar-refractivity contribution < 1.29 is 13.9 Å². The molecule has 1 spiro atoms. The Morgan fingerprint density at radius 1 is 1.10 bits per heavy atom. The van der Waals surface area contributed by atoms with Gasteiger partial charge in [0.15, 0.2) is 5.41 Å². The van der Waals surface area contributed by atoms with E-state index >= 15 is 0 Å². The van der Waals surface area contributed by atoms with Crippen molar-refractivity contribution in [3.05, 3.63) is 115 Å². The van der Waals surface area contributed by atoms with Gasteiger partial charge < -0.3 is 19.8 Å². The second-order valence-corrected chi connectivity index (χ2v) is 9.97. The second-order valence-electron chi connectivity index (χ2n) is 9.53. The molecular weight excluding hydrogens is 520 g/mol. The number of hydrogen-bond donors (Lipinski definition) is 1. The number of nitrogens with two attached hydrogens (primary N) is 1. The van der Waals surface area contributed by atoms with Crippen LogP contribution in [0.2, 0.25) is 5.02 Å². The number of nitrogens with zero attached hydrogens (tertiary/aromatic N) is 5. The fourth-order valence-electron chi connectivity index (χ4n) is 5.26. The molecule has 2 N–H and O–H groups in total. The molecule has 0 aliphatic carbocycles. The third kappa shape index (κ3) is 3.70. The fraction of sp³-hybridized carbons (Fsp3) is 0.179. The standard InChI is InChI=1S/C28H21ClN6O4/c1-15-3-5-17(6-4-15)12-34-13-19(32-33-34)14-35-22-8-7-18(29)10-20(22)28(27(35)37)21(11-30)25(31)39-23-9-16(2)38-26(36)24(23)28/h3-10,13H,12,14,31H2,1-2H3. The minimum Gasteiger partial charge on any atom is -0.440 e. The van der Waals surface area contributed by atoms with Gasteiger partial charge in [-0.25, -0.2) is 9.48 Å². The number of nitriles is 1. The number of benzene rings is 2. The highest BCUT2D eigenvalue weighted by atomic mass is 35.5. The Bertz CT molecular complexity index is 1800. The number of carbonyl (C=O) groups is 1. The van der Waals surface area contributed by atoms with Crippen molar-refractivity contribution >= 4 is 23.2 Å². The predicted octanol–water partition coefficient (Wildman–Crippen LogP) is 3.47. The summed E-state index contributed by atoms with van der Waals surface area (Å²) in [7, 11) is 0. The Labute approximate surface area is 227 Å². The van der Waals surface area contributed by atoms with Gasteiger partial charge in [-0.1, -0.05) is 46.6 Å². The van der Waals surface area contributed by atoms with Crippen LogP contribution in [0.1, 0.15) is 33.7 Å². The van der Waals surface area contributed by atoms with Crippen molar-refractivity contribution in [3.63, 3.8) is 0 Å². The maximum Gasteiger partial charge on any atom is 0.344 e. The summed E-state index contributed by atoms with van der Waals surface area (Å²) in [6.07, 6.45) is 1.75. The normalized spacial score (nSPS) is 17.7. The molecule has 39 heavy (non-hydrogen) atoms. The molecule has 1 unspecified atom stereocenters. The molecule has 10 nitrogen and oxygen atoms in total. The van der Waals surface area contributed by atoms with E-state index in [1.165, 1.54) is 11.0 Å². The lowest BCUT2D eigenvalue weighted by molar-refractivity contribution is -0.121. The number of halogens is 1. The van der Waals surface area contributed by atoms with E-state index in [-0.39, 0.29) is 35.1 Å². The van der Waals surface area contributed by atoms with Crippen LogP contribution in [0.5, 0.6) is 5.75 Å². The molecule has 194 valence electrons. The Hall–Kier alpha value is -4.88. The summed E-state index contributed by atoms with van der Waals surface area (Å²) in [6, 6.07) is 16.4. The van der Waals surface area contributed by atoms with Crippen molar-refractivity contribution in [1.82, 2.24) is 15.0 Å². The number of aromatic nitrogens is 3. The zero-order valence-electron chi connectivity index (χ0n) is 20.9. The first-order valence-corrected chi connectivity index (χ1v) is 12.4. The lowest BCUT2D eigenvalue weighted by Gasteiger charge is -2.33. The van der Waals surface area contributed by atoms with Gasteiger partial charge in [-0.15, -0.1) is 5.10 Å². The van der Waals surface area contributed by atoms with Crippen LogP contribution in [-0.4, -0.2) is 20.9 Å². The Morgan fingerprint density at radius 3 is 2.62 bits per heavy atom. The highest BCUT2D eigenvalue weighted by Crippen LogP contribution is 2.55. The predicted molar refractivity (Wildman–Crippen MR) is 141 cm³/mol. The van der Waals surface area contributed by atoms with E-state index in [1.807, 2.05) is 37.3 Å². The lowest BCUT2D eigenvalue weighted by atomic mass is 9.69. The summed E-state index contributed by atoms with van der Waals surface area (Å²) < 4.78 is 12.7. The van der Waals surface area contributed by atoms with Crippen LogP contribution in [0.3, 0.4) is 0 Å². The largest absolute Gasteiger partial charge is 0.440 e. The molecule has 0 fully saturated rings. The Balaban J connectivity index is 1.47. The van der Waals surface area contributed by atoms with E-state index in [9.17, 15) is 14.9 Å². The number of rotatable bonds is 4. The smallest absolute Gasteiger partial charge is 0.344 e. The van der Waals surface area contributed by atoms with Crippen LogP contribution in [0, 0.1) is 25.2 Å². The summed E-state index contributed by atoms with van der Waals surface area (Å²) in [5.41, 5.74) is 6.60. The van der Waals surface area contributed by atoms with Crippen LogP contribution >= 0.6 is 11.6 Å². The SMILES string of the molecule is Cc1ccc(Cn2cc(CN3C(=O)C4(C(C#N)=C(N)Oc5cc(C)oc(=O)c54)c4cc(Cl)ccc43)nn2)cc1. The summed E-state index contributed by atoms with van der Waals surface area (Å²) in [6.45, 7) is 4.12. The molecule has 1 amide bonds. The number of carbonyl (C=O) groups excluding carboxylic acids is 1. The van der Waals surface area contributed by atoms with Gasteiger partial charge in [-0.2, -0.15) is 5.26 Å². The molecule has 0 bridgehead atoms. The number of fused-ring (bicyclic) bond motifs is 4. The molecule has 2 aromatic carbocycles. The number of amides is 1. The van der Waals surface area contributed by atoms with E-state index in [0.717, 1.165) is 11.1 Å². The number of hydrogen-bond acceptors (Lipinski definition) is 8. The van der Waals surface area contributed by atoms with Crippen LogP contribution in [0.15, 0.2) is 75.4 Å². The third-order valence-electron chi connectivity index (χ3n) is 6.96. The van der Waals surface area contributed by atoms with Crippen molar-refractivity contribution in [3.8, 4) is 11.8 Å². The summed E-state index contributed by atoms with van der Waals surface area (Å²) in [5, 5.41) is 19.0. The van der Waals surface area contributed by atoms with Gasteiger partial charge in [-0.3, -0.25) is 4.79 Å². The average molecular weight is 541 g/mol. The average Bonchev–Trinajstić information content (AvgIpc) is 3.42. The van der Waals surface area contributed by atoms with Gasteiger partial charge in [0, 0.05) is 22.3 Å². The molecule has 2 aromatic heterocycles. The molecule has 11 heteroatoms. The minimum absolute atomic E-state index is 0.0229. The quantitative estimate of drug-likeness (QED) is 0.415. The number of anilines is 1. The van der Waals surface area contributed by atoms with Gasteiger partial charge in [0.05, 0.1) is 19.3 Å². The number of ether oxygens (including phenoxy) is 1. The van der Waals surface area contributed by atoms with Crippen molar-refractivity contribution in [1.29, 1.82) is 5.26 Å². The van der Waals surface area contributed by atoms with Gasteiger partial charge in [0.25, 0.3) is 0 Å². The topological polar surface area (TPSA) is 140 Å². The van der Waals surface area contributed by atoms with Crippen molar-refractivity contribution in [2.75, 3.05) is 4.90 Å². The van der Waals surface area contributed by atoms with E-state index in [0.29, 0.717) is 28.5 Å². The summed E-state index contributed by atoms with van der Waals surface area (Å²) in [4.78, 5) is 29.2. The summed E-state index contributed by atoms with van der Waals surface area (Å²) >= 11 is 6.37. The molecule has 1 atom stereocenters. The molecule has 2 aliphatic rings. The first kappa shape index (κ1) is 24.5. The van der Waals surface area contributed by atoms with Crippen LogP contribution < -0.4 is 21.0 Å². The van der Waals surface area contributed by atoms with Crippen LogP contribution in [-0.2, 0) is 23.3 Å². The van der Waals surface area contributed by atoms with E-state index < -0.39 is 16.9 Å². The second kappa shape index (κ2) is 8.85.